The number of benzene rings is 2. The molecule has 26 heavy (non-hydrogen) atoms. The molecule has 0 saturated heterocycles. The molecule has 132 valence electrons. The lowest BCUT2D eigenvalue weighted by Crippen LogP contribution is -2.19. The van der Waals surface area contributed by atoms with Gasteiger partial charge in [-0.1, -0.05) is 12.1 Å². The average Bonchev–Trinajstić information content (AvgIpc) is 2.57. The molecule has 0 radical (unpaired) electrons. The van der Waals surface area contributed by atoms with Gasteiger partial charge in [0.05, 0.1) is 18.1 Å². The Bertz CT molecular complexity index is 915. The van der Waals surface area contributed by atoms with E-state index in [0.29, 0.717) is 6.07 Å². The minimum absolute atomic E-state index is 0.0425. The molecule has 6 nitrogen and oxygen atoms in total. The number of hydrogen-bond acceptors (Lipinski definition) is 4. The zero-order valence-corrected chi connectivity index (χ0v) is 13.0. The van der Waals surface area contributed by atoms with E-state index in [9.17, 15) is 18.0 Å². The minimum Gasteiger partial charge on any atom is -0.421 e. The number of halogens is 3. The van der Waals surface area contributed by atoms with Crippen LogP contribution in [0.3, 0.4) is 0 Å². The normalized spacial score (nSPS) is 10.3. The molecule has 2 N–H and O–H groups in total. The third kappa shape index (κ3) is 4.47. The summed E-state index contributed by atoms with van der Waals surface area (Å²) in [4.78, 5) is 19.5. The molecule has 3 aromatic rings. The summed E-state index contributed by atoms with van der Waals surface area (Å²) in [5.41, 5.74) is 0.140. The van der Waals surface area contributed by atoms with Crippen molar-refractivity contribution in [3.05, 3.63) is 72.3 Å². The number of nitrogens with zero attached hydrogens (tertiary/aromatic N) is 2. The zero-order chi connectivity index (χ0) is 18.5. The number of hydrogen-bond donors (Lipinski definition) is 2. The van der Waals surface area contributed by atoms with Gasteiger partial charge in [0.1, 0.15) is 11.6 Å². The first kappa shape index (κ1) is 17.2. The highest BCUT2D eigenvalue weighted by Crippen LogP contribution is 2.21. The van der Waals surface area contributed by atoms with E-state index in [1.807, 2.05) is 0 Å². The van der Waals surface area contributed by atoms with Gasteiger partial charge >= 0.3 is 12.0 Å². The third-order valence-corrected chi connectivity index (χ3v) is 3.04. The summed E-state index contributed by atoms with van der Waals surface area (Å²) < 4.78 is 44.8. The van der Waals surface area contributed by atoms with Crippen LogP contribution in [0.15, 0.2) is 54.9 Å². The van der Waals surface area contributed by atoms with Gasteiger partial charge < -0.3 is 15.4 Å². The maximum Gasteiger partial charge on any atom is 0.323 e. The highest BCUT2D eigenvalue weighted by atomic mass is 19.1. The number of ether oxygens (including phenoxy) is 1. The summed E-state index contributed by atoms with van der Waals surface area (Å²) in [7, 11) is 0. The van der Waals surface area contributed by atoms with E-state index in [0.717, 1.165) is 12.1 Å². The SMILES string of the molecule is O=C(Nc1cnc(Oc2ccccc2F)nc1)Nc1cc(F)cc(F)c1. The first-order chi connectivity index (χ1) is 12.5. The van der Waals surface area contributed by atoms with E-state index < -0.39 is 23.5 Å². The van der Waals surface area contributed by atoms with Crippen LogP contribution in [0.2, 0.25) is 0 Å². The van der Waals surface area contributed by atoms with Crippen LogP contribution in [0.1, 0.15) is 0 Å². The Morgan fingerprint density at radius 1 is 0.885 bits per heavy atom. The number of aromatic nitrogens is 2. The van der Waals surface area contributed by atoms with Crippen molar-refractivity contribution in [1.82, 2.24) is 9.97 Å². The Morgan fingerprint density at radius 3 is 2.15 bits per heavy atom. The summed E-state index contributed by atoms with van der Waals surface area (Å²) in [6.45, 7) is 0. The average molecular weight is 360 g/mol. The molecular formula is C17H11F3N4O2. The fourth-order valence-electron chi connectivity index (χ4n) is 1.98. The molecule has 2 aromatic carbocycles. The van der Waals surface area contributed by atoms with E-state index >= 15 is 0 Å². The van der Waals surface area contributed by atoms with Gasteiger partial charge in [-0.3, -0.25) is 0 Å². The molecular weight excluding hydrogens is 349 g/mol. The van der Waals surface area contributed by atoms with Crippen LogP contribution in [0.5, 0.6) is 11.8 Å². The fourth-order valence-corrected chi connectivity index (χ4v) is 1.98. The van der Waals surface area contributed by atoms with Crippen LogP contribution >= 0.6 is 0 Å². The molecule has 0 fully saturated rings. The number of urea groups is 1. The lowest BCUT2D eigenvalue weighted by Gasteiger charge is -2.08. The number of rotatable bonds is 4. The van der Waals surface area contributed by atoms with Crippen LogP contribution in [0.4, 0.5) is 29.3 Å². The topological polar surface area (TPSA) is 76.1 Å². The van der Waals surface area contributed by atoms with Crippen molar-refractivity contribution in [3.63, 3.8) is 0 Å². The smallest absolute Gasteiger partial charge is 0.323 e. The monoisotopic (exact) mass is 360 g/mol. The Hall–Kier alpha value is -3.62. The van der Waals surface area contributed by atoms with Gasteiger partial charge in [-0.05, 0) is 24.3 Å². The molecule has 3 rings (SSSR count). The molecule has 0 aliphatic heterocycles. The second-order valence-corrected chi connectivity index (χ2v) is 5.02. The van der Waals surface area contributed by atoms with Crippen LogP contribution in [0, 0.1) is 17.5 Å². The van der Waals surface area contributed by atoms with Gasteiger partial charge in [0.15, 0.2) is 11.6 Å². The molecule has 1 heterocycles. The molecule has 0 saturated carbocycles. The van der Waals surface area contributed by atoms with E-state index in [1.54, 1.807) is 6.07 Å². The van der Waals surface area contributed by atoms with E-state index in [2.05, 4.69) is 20.6 Å². The van der Waals surface area contributed by atoms with Gasteiger partial charge in [-0.25, -0.2) is 27.9 Å². The number of amides is 2. The number of carbonyl (C=O) groups excluding carboxylic acids is 1. The molecule has 2 amide bonds. The van der Waals surface area contributed by atoms with Gasteiger partial charge in [0.2, 0.25) is 0 Å². The van der Waals surface area contributed by atoms with Gasteiger partial charge in [0, 0.05) is 11.8 Å². The Kier molecular flexibility index (Phi) is 4.97. The standard InChI is InChI=1S/C17H11F3N4O2/c18-10-5-11(19)7-12(6-10)23-16(25)24-13-8-21-17(22-9-13)26-15-4-2-1-3-14(15)20/h1-9H,(H2,23,24,25). The van der Waals surface area contributed by atoms with Crippen molar-refractivity contribution in [2.45, 2.75) is 0 Å². The number of nitrogens with one attached hydrogen (secondary N) is 2. The number of para-hydroxylation sites is 1. The first-order valence-corrected chi connectivity index (χ1v) is 7.28. The van der Waals surface area contributed by atoms with Gasteiger partial charge in [-0.2, -0.15) is 0 Å². The van der Waals surface area contributed by atoms with Crippen molar-refractivity contribution in [2.75, 3.05) is 10.6 Å². The molecule has 0 atom stereocenters. The van der Waals surface area contributed by atoms with Crippen LogP contribution in [0.25, 0.3) is 0 Å². The predicted molar refractivity (Wildman–Crippen MR) is 87.5 cm³/mol. The van der Waals surface area contributed by atoms with Crippen molar-refractivity contribution in [1.29, 1.82) is 0 Å². The highest BCUT2D eigenvalue weighted by molar-refractivity contribution is 5.99. The van der Waals surface area contributed by atoms with Crippen molar-refractivity contribution in [3.8, 4) is 11.8 Å². The van der Waals surface area contributed by atoms with E-state index in [-0.39, 0.29) is 23.1 Å². The predicted octanol–water partition coefficient (Wildman–Crippen LogP) is 4.33. The van der Waals surface area contributed by atoms with Gasteiger partial charge in [-0.15, -0.1) is 0 Å². The molecule has 0 aliphatic rings. The summed E-state index contributed by atoms with van der Waals surface area (Å²) >= 11 is 0. The molecule has 9 heteroatoms. The minimum atomic E-state index is -0.821. The van der Waals surface area contributed by atoms with Crippen LogP contribution < -0.4 is 15.4 Å². The van der Waals surface area contributed by atoms with Crippen molar-refractivity contribution in [2.24, 2.45) is 0 Å². The maximum atomic E-state index is 13.5. The van der Waals surface area contributed by atoms with Crippen LogP contribution in [-0.2, 0) is 0 Å². The summed E-state index contributed by atoms with van der Waals surface area (Å²) in [6.07, 6.45) is 2.46. The number of carbonyl (C=O) groups is 1. The maximum absolute atomic E-state index is 13.5. The third-order valence-electron chi connectivity index (χ3n) is 3.04. The lowest BCUT2D eigenvalue weighted by atomic mass is 10.3. The number of anilines is 2. The summed E-state index contributed by atoms with van der Waals surface area (Å²) in [5, 5.41) is 4.65. The van der Waals surface area contributed by atoms with Gasteiger partial charge in [0.25, 0.3) is 0 Å². The lowest BCUT2D eigenvalue weighted by molar-refractivity contribution is 0.262. The fraction of sp³-hybridized carbons (Fsp3) is 0. The molecule has 1 aromatic heterocycles. The second-order valence-electron chi connectivity index (χ2n) is 5.02. The van der Waals surface area contributed by atoms with Crippen molar-refractivity contribution >= 4 is 17.4 Å². The van der Waals surface area contributed by atoms with Crippen LogP contribution in [-0.4, -0.2) is 16.0 Å². The van der Waals surface area contributed by atoms with E-state index in [4.69, 9.17) is 4.74 Å². The van der Waals surface area contributed by atoms with Crippen molar-refractivity contribution < 1.29 is 22.7 Å². The zero-order valence-electron chi connectivity index (χ0n) is 13.0. The molecule has 0 unspecified atom stereocenters. The summed E-state index contributed by atoms with van der Waals surface area (Å²) in [5.74, 6) is -2.25. The summed E-state index contributed by atoms with van der Waals surface area (Å²) in [6, 6.07) is 7.49. The molecule has 0 bridgehead atoms. The Balaban J connectivity index is 1.62. The molecule has 0 aliphatic carbocycles. The Labute approximate surface area is 145 Å². The largest absolute Gasteiger partial charge is 0.421 e. The molecule has 0 spiro atoms. The van der Waals surface area contributed by atoms with E-state index in [1.165, 1.54) is 30.6 Å². The first-order valence-electron chi connectivity index (χ1n) is 7.28. The highest BCUT2D eigenvalue weighted by Gasteiger charge is 2.08. The Morgan fingerprint density at radius 2 is 1.50 bits per heavy atom. The second kappa shape index (κ2) is 7.51. The quantitative estimate of drug-likeness (QED) is 0.726.